The maximum Gasteiger partial charge on any atom is 0.329 e. The Morgan fingerprint density at radius 2 is 2.19 bits per heavy atom. The number of amides is 2. The molecule has 0 radical (unpaired) electrons. The minimum absolute atomic E-state index is 0.00828. The third kappa shape index (κ3) is 3.03. The van der Waals surface area contributed by atoms with Gasteiger partial charge in [0.1, 0.15) is 5.82 Å². The van der Waals surface area contributed by atoms with Crippen LogP contribution in [-0.4, -0.2) is 18.0 Å². The lowest BCUT2D eigenvalue weighted by Crippen LogP contribution is -2.32. The molecule has 0 unspecified atom stereocenters. The molecule has 2 amide bonds. The summed E-state index contributed by atoms with van der Waals surface area (Å²) in [4.78, 5) is 21.0. The summed E-state index contributed by atoms with van der Waals surface area (Å²) in [5, 5.41) is 3.47. The SMILES string of the molecule is NC(=O)C(=O)N/N=C/c1c(F)cccc1Cl. The van der Waals surface area contributed by atoms with Crippen molar-refractivity contribution in [3.63, 3.8) is 0 Å². The van der Waals surface area contributed by atoms with Gasteiger partial charge in [0.15, 0.2) is 0 Å². The van der Waals surface area contributed by atoms with Gasteiger partial charge in [-0.1, -0.05) is 17.7 Å². The molecule has 1 aromatic rings. The molecule has 7 heteroatoms. The summed E-state index contributed by atoms with van der Waals surface area (Å²) in [6.07, 6.45) is 0.985. The molecule has 84 valence electrons. The molecule has 0 aliphatic carbocycles. The van der Waals surface area contributed by atoms with Crippen LogP contribution < -0.4 is 11.2 Å². The third-order valence-electron chi connectivity index (χ3n) is 1.58. The van der Waals surface area contributed by atoms with Gasteiger partial charge in [0.2, 0.25) is 0 Å². The van der Waals surface area contributed by atoms with Crippen LogP contribution in [-0.2, 0) is 9.59 Å². The van der Waals surface area contributed by atoms with Gasteiger partial charge >= 0.3 is 11.8 Å². The van der Waals surface area contributed by atoms with Crippen LogP contribution in [0.3, 0.4) is 0 Å². The number of rotatable bonds is 2. The fraction of sp³-hybridized carbons (Fsp3) is 0. The highest BCUT2D eigenvalue weighted by molar-refractivity contribution is 6.34. The van der Waals surface area contributed by atoms with Crippen LogP contribution in [0.1, 0.15) is 5.56 Å². The number of hydrogen-bond acceptors (Lipinski definition) is 3. The van der Waals surface area contributed by atoms with E-state index in [1.165, 1.54) is 18.2 Å². The van der Waals surface area contributed by atoms with Crippen LogP contribution >= 0.6 is 11.6 Å². The van der Waals surface area contributed by atoms with Gasteiger partial charge in [-0.3, -0.25) is 9.59 Å². The van der Waals surface area contributed by atoms with Gasteiger partial charge in [-0.05, 0) is 12.1 Å². The Hall–Kier alpha value is -1.95. The van der Waals surface area contributed by atoms with Gasteiger partial charge in [-0.2, -0.15) is 5.10 Å². The second kappa shape index (κ2) is 5.22. The van der Waals surface area contributed by atoms with Gasteiger partial charge in [0.25, 0.3) is 0 Å². The summed E-state index contributed by atoms with van der Waals surface area (Å²) in [5.74, 6) is -2.87. The summed E-state index contributed by atoms with van der Waals surface area (Å²) in [6.45, 7) is 0. The molecule has 0 spiro atoms. The normalized spacial score (nSPS) is 10.4. The molecule has 0 saturated heterocycles. The van der Waals surface area contributed by atoms with Gasteiger partial charge in [0, 0.05) is 5.56 Å². The molecule has 1 rings (SSSR count). The zero-order valence-electron chi connectivity index (χ0n) is 7.91. The summed E-state index contributed by atoms with van der Waals surface area (Å²) >= 11 is 5.67. The molecule has 16 heavy (non-hydrogen) atoms. The molecule has 0 saturated carbocycles. The van der Waals surface area contributed by atoms with Crippen molar-refractivity contribution in [1.29, 1.82) is 0 Å². The molecule has 1 aromatic carbocycles. The third-order valence-corrected chi connectivity index (χ3v) is 1.91. The number of halogens is 2. The second-order valence-corrected chi connectivity index (χ2v) is 3.11. The molecule has 0 heterocycles. The fourth-order valence-corrected chi connectivity index (χ4v) is 1.06. The lowest BCUT2D eigenvalue weighted by atomic mass is 10.2. The van der Waals surface area contributed by atoms with Crippen LogP contribution in [0.25, 0.3) is 0 Å². The van der Waals surface area contributed by atoms with E-state index in [1.807, 2.05) is 5.43 Å². The van der Waals surface area contributed by atoms with E-state index in [0.29, 0.717) is 0 Å². The van der Waals surface area contributed by atoms with E-state index in [9.17, 15) is 14.0 Å². The van der Waals surface area contributed by atoms with Crippen LogP contribution in [0.2, 0.25) is 5.02 Å². The molecule has 0 bridgehead atoms. The van der Waals surface area contributed by atoms with Gasteiger partial charge in [0.05, 0.1) is 11.2 Å². The Morgan fingerprint density at radius 3 is 2.75 bits per heavy atom. The maximum atomic E-state index is 13.2. The monoisotopic (exact) mass is 243 g/mol. The molecule has 0 aromatic heterocycles. The standard InChI is InChI=1S/C9H7ClFN3O2/c10-6-2-1-3-7(11)5(6)4-13-14-9(16)8(12)15/h1-4H,(H2,12,15)(H,14,16)/b13-4+. The van der Waals surface area contributed by atoms with E-state index < -0.39 is 17.6 Å². The highest BCUT2D eigenvalue weighted by Crippen LogP contribution is 2.16. The van der Waals surface area contributed by atoms with Gasteiger partial charge in [-0.25, -0.2) is 9.82 Å². The van der Waals surface area contributed by atoms with Crippen molar-refractivity contribution in [2.24, 2.45) is 10.8 Å². The summed E-state index contributed by atoms with van der Waals surface area (Å²) in [5.41, 5.74) is 6.47. The van der Waals surface area contributed by atoms with Crippen LogP contribution in [0, 0.1) is 5.82 Å². The van der Waals surface area contributed by atoms with Crippen LogP contribution in [0.5, 0.6) is 0 Å². The molecule has 0 fully saturated rings. The first-order chi connectivity index (χ1) is 7.52. The van der Waals surface area contributed by atoms with Crippen LogP contribution in [0.4, 0.5) is 4.39 Å². The topological polar surface area (TPSA) is 84.5 Å². The number of nitrogens with two attached hydrogens (primary N) is 1. The maximum absolute atomic E-state index is 13.2. The Kier molecular flexibility index (Phi) is 3.96. The number of carbonyl (C=O) groups excluding carboxylic acids is 2. The number of carbonyl (C=O) groups is 2. The number of hydrogen-bond donors (Lipinski definition) is 2. The minimum atomic E-state index is -1.18. The van der Waals surface area contributed by atoms with Crippen molar-refractivity contribution >= 4 is 29.6 Å². The number of nitrogens with one attached hydrogen (secondary N) is 1. The first-order valence-corrected chi connectivity index (χ1v) is 4.47. The largest absolute Gasteiger partial charge is 0.361 e. The Bertz CT molecular complexity index is 442. The van der Waals surface area contributed by atoms with E-state index in [4.69, 9.17) is 11.6 Å². The number of benzene rings is 1. The zero-order valence-corrected chi connectivity index (χ0v) is 8.66. The first kappa shape index (κ1) is 12.1. The molecule has 0 atom stereocenters. The second-order valence-electron chi connectivity index (χ2n) is 2.70. The Labute approximate surface area is 95.1 Å². The van der Waals surface area contributed by atoms with Crippen molar-refractivity contribution in [2.75, 3.05) is 0 Å². The average Bonchev–Trinajstić information content (AvgIpc) is 2.22. The summed E-state index contributed by atoms with van der Waals surface area (Å²) in [7, 11) is 0. The molecule has 0 aliphatic rings. The van der Waals surface area contributed by atoms with Crippen molar-refractivity contribution in [3.05, 3.63) is 34.6 Å². The number of hydrazone groups is 1. The molecule has 3 N–H and O–H groups in total. The van der Waals surface area contributed by atoms with E-state index >= 15 is 0 Å². The molecule has 0 aliphatic heterocycles. The summed E-state index contributed by atoms with van der Waals surface area (Å²) in [6, 6.07) is 4.07. The van der Waals surface area contributed by atoms with Crippen LogP contribution in [0.15, 0.2) is 23.3 Å². The van der Waals surface area contributed by atoms with Gasteiger partial charge in [-0.15, -0.1) is 0 Å². The highest BCUT2D eigenvalue weighted by Gasteiger charge is 2.07. The van der Waals surface area contributed by atoms with E-state index in [0.717, 1.165) is 6.21 Å². The molecular weight excluding hydrogens is 237 g/mol. The Morgan fingerprint density at radius 1 is 1.50 bits per heavy atom. The average molecular weight is 244 g/mol. The van der Waals surface area contributed by atoms with Crippen molar-refractivity contribution in [2.45, 2.75) is 0 Å². The van der Waals surface area contributed by atoms with Crippen molar-refractivity contribution in [1.82, 2.24) is 5.43 Å². The smallest absolute Gasteiger partial charge is 0.329 e. The van der Waals surface area contributed by atoms with E-state index in [2.05, 4.69) is 10.8 Å². The predicted octanol–water partition coefficient (Wildman–Crippen LogP) is 0.415. The van der Waals surface area contributed by atoms with E-state index in [-0.39, 0.29) is 10.6 Å². The van der Waals surface area contributed by atoms with Crippen molar-refractivity contribution < 1.29 is 14.0 Å². The number of nitrogens with zero attached hydrogens (tertiary/aromatic N) is 1. The summed E-state index contributed by atoms with van der Waals surface area (Å²) < 4.78 is 13.2. The fourth-order valence-electron chi connectivity index (χ4n) is 0.845. The van der Waals surface area contributed by atoms with E-state index in [1.54, 1.807) is 0 Å². The zero-order chi connectivity index (χ0) is 12.1. The first-order valence-electron chi connectivity index (χ1n) is 4.09. The van der Waals surface area contributed by atoms with Crippen molar-refractivity contribution in [3.8, 4) is 0 Å². The lowest BCUT2D eigenvalue weighted by Gasteiger charge is -1.98. The number of primary amides is 1. The quantitative estimate of drug-likeness (QED) is 0.448. The predicted molar refractivity (Wildman–Crippen MR) is 56.3 cm³/mol. The van der Waals surface area contributed by atoms with Gasteiger partial charge < -0.3 is 5.73 Å². The lowest BCUT2D eigenvalue weighted by molar-refractivity contribution is -0.137. The highest BCUT2D eigenvalue weighted by atomic mass is 35.5. The minimum Gasteiger partial charge on any atom is -0.361 e. The molecule has 5 nitrogen and oxygen atoms in total. The Balaban J connectivity index is 2.77. The molecular formula is C9H7ClFN3O2.